The number of carbonyl (C=O) groups is 1. The van der Waals surface area contributed by atoms with Gasteiger partial charge >= 0.3 is 5.97 Å². The van der Waals surface area contributed by atoms with Crippen LogP contribution >= 0.6 is 0 Å². The first-order valence-electron chi connectivity index (χ1n) is 4.94. The number of methoxy groups -OCH3 is 1. The Balaban J connectivity index is 2.20. The lowest BCUT2D eigenvalue weighted by atomic mass is 10.2. The molecule has 1 aromatic rings. The van der Waals surface area contributed by atoms with Crippen LogP contribution < -0.4 is 0 Å². The number of hydrogen-bond donors (Lipinski definition) is 0. The van der Waals surface area contributed by atoms with Crippen LogP contribution in [0, 0.1) is 0 Å². The second-order valence-corrected chi connectivity index (χ2v) is 3.13. The van der Waals surface area contributed by atoms with E-state index in [0.29, 0.717) is 13.0 Å². The van der Waals surface area contributed by atoms with Gasteiger partial charge in [-0.2, -0.15) is 0 Å². The molecule has 0 aliphatic heterocycles. The van der Waals surface area contributed by atoms with Crippen LogP contribution in [-0.4, -0.2) is 25.8 Å². The first-order valence-corrected chi connectivity index (χ1v) is 4.94. The van der Waals surface area contributed by atoms with Crippen molar-refractivity contribution in [1.29, 1.82) is 0 Å². The largest absolute Gasteiger partial charge is 0.469 e. The van der Waals surface area contributed by atoms with E-state index in [2.05, 4.69) is 9.73 Å². The van der Waals surface area contributed by atoms with Crippen molar-refractivity contribution in [1.82, 2.24) is 0 Å². The Morgan fingerprint density at radius 1 is 1.40 bits per heavy atom. The summed E-state index contributed by atoms with van der Waals surface area (Å²) in [5.74, 6) is -0.176. The summed E-state index contributed by atoms with van der Waals surface area (Å²) in [7, 11) is 1.40. The van der Waals surface area contributed by atoms with Crippen molar-refractivity contribution in [2.75, 3.05) is 13.7 Å². The zero-order chi connectivity index (χ0) is 10.9. The lowest BCUT2D eigenvalue weighted by Crippen LogP contribution is -2.00. The van der Waals surface area contributed by atoms with E-state index in [-0.39, 0.29) is 5.97 Å². The molecule has 0 aliphatic carbocycles. The first kappa shape index (κ1) is 11.4. The van der Waals surface area contributed by atoms with E-state index in [9.17, 15) is 4.79 Å². The van der Waals surface area contributed by atoms with Crippen molar-refractivity contribution in [3.63, 3.8) is 0 Å². The molecule has 1 aromatic carbocycles. The maximum Gasteiger partial charge on any atom is 0.305 e. The SMILES string of the molecule is COC(=O)CCC/N=C/c1ccccc1. The summed E-state index contributed by atoms with van der Waals surface area (Å²) >= 11 is 0. The standard InChI is InChI=1S/C12H15NO2/c1-15-12(14)8-5-9-13-10-11-6-3-2-4-7-11/h2-4,6-7,10H,5,8-9H2,1H3/b13-10+. The molecule has 0 unspecified atom stereocenters. The van der Waals surface area contributed by atoms with Gasteiger partial charge in [0.2, 0.25) is 0 Å². The van der Waals surface area contributed by atoms with Crippen molar-refractivity contribution < 1.29 is 9.53 Å². The minimum Gasteiger partial charge on any atom is -0.469 e. The second-order valence-electron chi connectivity index (χ2n) is 3.13. The van der Waals surface area contributed by atoms with Gasteiger partial charge in [0.25, 0.3) is 0 Å². The van der Waals surface area contributed by atoms with Crippen LogP contribution in [-0.2, 0) is 9.53 Å². The Morgan fingerprint density at radius 3 is 2.80 bits per heavy atom. The van der Waals surface area contributed by atoms with Crippen LogP contribution in [0.25, 0.3) is 0 Å². The lowest BCUT2D eigenvalue weighted by molar-refractivity contribution is -0.140. The molecule has 80 valence electrons. The minimum absolute atomic E-state index is 0.176. The van der Waals surface area contributed by atoms with Crippen molar-refractivity contribution >= 4 is 12.2 Å². The second kappa shape index (κ2) is 6.76. The van der Waals surface area contributed by atoms with E-state index in [1.165, 1.54) is 7.11 Å². The van der Waals surface area contributed by atoms with Gasteiger partial charge in [-0.25, -0.2) is 0 Å². The van der Waals surface area contributed by atoms with Gasteiger partial charge in [0.1, 0.15) is 0 Å². The quantitative estimate of drug-likeness (QED) is 0.419. The Kier molecular flexibility index (Phi) is 5.15. The molecule has 0 N–H and O–H groups in total. The molecule has 0 amide bonds. The van der Waals surface area contributed by atoms with Gasteiger partial charge in [-0.1, -0.05) is 30.3 Å². The molecular weight excluding hydrogens is 190 g/mol. The molecule has 0 spiro atoms. The van der Waals surface area contributed by atoms with Crippen molar-refractivity contribution in [2.24, 2.45) is 4.99 Å². The van der Waals surface area contributed by atoms with Crippen LogP contribution in [0.2, 0.25) is 0 Å². The summed E-state index contributed by atoms with van der Waals surface area (Å²) in [4.78, 5) is 15.0. The van der Waals surface area contributed by atoms with Crippen LogP contribution in [0.3, 0.4) is 0 Å². The molecule has 0 saturated carbocycles. The Morgan fingerprint density at radius 2 is 2.13 bits per heavy atom. The Bertz CT molecular complexity index is 320. The first-order chi connectivity index (χ1) is 7.33. The summed E-state index contributed by atoms with van der Waals surface area (Å²) in [6.07, 6.45) is 2.98. The third kappa shape index (κ3) is 4.96. The van der Waals surface area contributed by atoms with E-state index in [1.807, 2.05) is 36.5 Å². The molecular formula is C12H15NO2. The maximum atomic E-state index is 10.8. The highest BCUT2D eigenvalue weighted by atomic mass is 16.5. The highest BCUT2D eigenvalue weighted by Gasteiger charge is 1.97. The average Bonchev–Trinajstić information content (AvgIpc) is 2.29. The predicted octanol–water partition coefficient (Wildman–Crippen LogP) is 2.06. The number of carbonyl (C=O) groups excluding carboxylic acids is 1. The monoisotopic (exact) mass is 205 g/mol. The molecule has 0 bridgehead atoms. The Hall–Kier alpha value is -1.64. The number of aliphatic imine (C=N–C) groups is 1. The van der Waals surface area contributed by atoms with Gasteiger partial charge in [0.15, 0.2) is 0 Å². The molecule has 0 saturated heterocycles. The molecule has 0 aromatic heterocycles. The molecule has 0 radical (unpaired) electrons. The maximum absolute atomic E-state index is 10.8. The predicted molar refractivity (Wildman–Crippen MR) is 60.2 cm³/mol. The summed E-state index contributed by atoms with van der Waals surface area (Å²) < 4.78 is 4.52. The summed E-state index contributed by atoms with van der Waals surface area (Å²) in [5, 5.41) is 0. The number of rotatable bonds is 5. The fourth-order valence-electron chi connectivity index (χ4n) is 1.13. The molecule has 0 atom stereocenters. The van der Waals surface area contributed by atoms with E-state index in [0.717, 1.165) is 12.0 Å². The third-order valence-corrected chi connectivity index (χ3v) is 1.94. The topological polar surface area (TPSA) is 38.7 Å². The molecule has 3 nitrogen and oxygen atoms in total. The smallest absolute Gasteiger partial charge is 0.305 e. The van der Waals surface area contributed by atoms with E-state index >= 15 is 0 Å². The van der Waals surface area contributed by atoms with E-state index in [4.69, 9.17) is 0 Å². The highest BCUT2D eigenvalue weighted by Crippen LogP contribution is 1.96. The number of benzene rings is 1. The molecule has 0 heterocycles. The molecule has 15 heavy (non-hydrogen) atoms. The average molecular weight is 205 g/mol. The van der Waals surface area contributed by atoms with E-state index < -0.39 is 0 Å². The fraction of sp³-hybridized carbons (Fsp3) is 0.333. The van der Waals surface area contributed by atoms with Crippen molar-refractivity contribution in [3.05, 3.63) is 35.9 Å². The van der Waals surface area contributed by atoms with E-state index in [1.54, 1.807) is 0 Å². The summed E-state index contributed by atoms with van der Waals surface area (Å²) in [6.45, 7) is 0.657. The number of hydrogen-bond acceptors (Lipinski definition) is 3. The number of nitrogens with zero attached hydrogens (tertiary/aromatic N) is 1. The lowest BCUT2D eigenvalue weighted by Gasteiger charge is -1.96. The van der Waals surface area contributed by atoms with Gasteiger partial charge in [0, 0.05) is 19.2 Å². The third-order valence-electron chi connectivity index (χ3n) is 1.94. The summed E-state index contributed by atoms with van der Waals surface area (Å²) in [6, 6.07) is 9.88. The molecule has 0 aliphatic rings. The van der Waals surface area contributed by atoms with Crippen LogP contribution in [0.15, 0.2) is 35.3 Å². The normalized spacial score (nSPS) is 10.5. The fourth-order valence-corrected chi connectivity index (χ4v) is 1.13. The van der Waals surface area contributed by atoms with Crippen molar-refractivity contribution in [2.45, 2.75) is 12.8 Å². The molecule has 1 rings (SSSR count). The number of ether oxygens (including phenoxy) is 1. The van der Waals surface area contributed by atoms with Crippen LogP contribution in [0.4, 0.5) is 0 Å². The van der Waals surface area contributed by atoms with Gasteiger partial charge in [-0.3, -0.25) is 9.79 Å². The zero-order valence-corrected chi connectivity index (χ0v) is 8.85. The minimum atomic E-state index is -0.176. The van der Waals surface area contributed by atoms with Crippen LogP contribution in [0.1, 0.15) is 18.4 Å². The van der Waals surface area contributed by atoms with Crippen molar-refractivity contribution in [3.8, 4) is 0 Å². The molecule has 0 fully saturated rings. The molecule has 3 heteroatoms. The Labute approximate surface area is 89.8 Å². The summed E-state index contributed by atoms with van der Waals surface area (Å²) in [5.41, 5.74) is 1.08. The van der Waals surface area contributed by atoms with Gasteiger partial charge in [-0.15, -0.1) is 0 Å². The zero-order valence-electron chi connectivity index (χ0n) is 8.85. The highest BCUT2D eigenvalue weighted by molar-refractivity contribution is 5.79. The van der Waals surface area contributed by atoms with Gasteiger partial charge in [-0.05, 0) is 12.0 Å². The number of esters is 1. The van der Waals surface area contributed by atoms with Crippen LogP contribution in [0.5, 0.6) is 0 Å². The van der Waals surface area contributed by atoms with Gasteiger partial charge < -0.3 is 4.74 Å². The van der Waals surface area contributed by atoms with Gasteiger partial charge in [0.05, 0.1) is 7.11 Å².